The molecule has 0 N–H and O–H groups in total. The van der Waals surface area contributed by atoms with E-state index in [0.717, 1.165) is 36.5 Å². The Labute approximate surface area is 166 Å². The van der Waals surface area contributed by atoms with Gasteiger partial charge in [0.15, 0.2) is 10.8 Å². The number of aromatic nitrogens is 2. The van der Waals surface area contributed by atoms with Crippen LogP contribution in [0.4, 0.5) is 18.3 Å². The lowest BCUT2D eigenvalue weighted by molar-refractivity contribution is -0.137. The number of hydrogen-bond donors (Lipinski definition) is 0. The van der Waals surface area contributed by atoms with E-state index in [1.807, 2.05) is 0 Å². The molecule has 2 aromatic heterocycles. The van der Waals surface area contributed by atoms with Crippen LogP contribution in [0.15, 0.2) is 23.6 Å². The van der Waals surface area contributed by atoms with Crippen LogP contribution >= 0.6 is 22.7 Å². The van der Waals surface area contributed by atoms with E-state index < -0.39 is 17.7 Å². The number of benzene rings is 1. The van der Waals surface area contributed by atoms with Gasteiger partial charge in [0.2, 0.25) is 0 Å². The zero-order valence-corrected chi connectivity index (χ0v) is 16.5. The summed E-state index contributed by atoms with van der Waals surface area (Å²) < 4.78 is 44.5. The molecule has 1 aliphatic heterocycles. The number of carbonyl (C=O) groups excluding carboxylic acids is 1. The van der Waals surface area contributed by atoms with E-state index in [0.29, 0.717) is 15.3 Å². The molecule has 3 heterocycles. The van der Waals surface area contributed by atoms with Gasteiger partial charge in [-0.1, -0.05) is 11.3 Å². The number of carbonyl (C=O) groups is 1. The van der Waals surface area contributed by atoms with Crippen molar-refractivity contribution in [3.05, 3.63) is 39.8 Å². The largest absolute Gasteiger partial charge is 0.461 e. The first kappa shape index (κ1) is 19.1. The van der Waals surface area contributed by atoms with Gasteiger partial charge in [0.05, 0.1) is 28.4 Å². The van der Waals surface area contributed by atoms with E-state index in [4.69, 9.17) is 4.74 Å². The summed E-state index contributed by atoms with van der Waals surface area (Å²) in [5.41, 5.74) is -0.0755. The summed E-state index contributed by atoms with van der Waals surface area (Å²) in [4.78, 5) is 22.8. The van der Waals surface area contributed by atoms with Crippen molar-refractivity contribution in [2.75, 3.05) is 18.1 Å². The van der Waals surface area contributed by atoms with Crippen LogP contribution < -0.4 is 4.90 Å². The second-order valence-corrected chi connectivity index (χ2v) is 8.22. The maximum absolute atomic E-state index is 12.9. The summed E-state index contributed by atoms with van der Waals surface area (Å²) in [6, 6.07) is 3.59. The first-order valence-electron chi connectivity index (χ1n) is 8.74. The lowest BCUT2D eigenvalue weighted by Crippen LogP contribution is -2.22. The number of halogens is 3. The number of nitrogens with zero attached hydrogens (tertiary/aromatic N) is 3. The summed E-state index contributed by atoms with van der Waals surface area (Å²) in [5.74, 6) is -0.450. The second-order valence-electron chi connectivity index (χ2n) is 6.32. The van der Waals surface area contributed by atoms with Crippen molar-refractivity contribution < 1.29 is 22.7 Å². The predicted molar refractivity (Wildman–Crippen MR) is 102 cm³/mol. The SMILES string of the molecule is CCOC(=O)c1csc([C@H]2CCCN2c2nc3cc(C(F)(F)F)ccc3s2)n1. The van der Waals surface area contributed by atoms with Gasteiger partial charge in [-0.15, -0.1) is 11.3 Å². The molecule has 0 unspecified atom stereocenters. The van der Waals surface area contributed by atoms with Gasteiger partial charge in [-0.2, -0.15) is 13.2 Å². The average Bonchev–Trinajstić information content (AvgIpc) is 3.37. The van der Waals surface area contributed by atoms with Crippen LogP contribution in [0.2, 0.25) is 0 Å². The Morgan fingerprint density at radius 2 is 2.18 bits per heavy atom. The molecule has 1 aromatic carbocycles. The molecule has 0 saturated carbocycles. The fourth-order valence-electron chi connectivity index (χ4n) is 3.21. The highest BCUT2D eigenvalue weighted by atomic mass is 32.1. The number of alkyl halides is 3. The minimum atomic E-state index is -4.39. The van der Waals surface area contributed by atoms with E-state index in [9.17, 15) is 18.0 Å². The Hall–Kier alpha value is -2.20. The molecule has 0 radical (unpaired) electrons. The summed E-state index contributed by atoms with van der Waals surface area (Å²) in [5, 5.41) is 3.14. The second kappa shape index (κ2) is 7.32. The number of anilines is 1. The first-order chi connectivity index (χ1) is 13.4. The van der Waals surface area contributed by atoms with Crippen LogP contribution in [0, 0.1) is 0 Å². The molecule has 10 heteroatoms. The summed E-state index contributed by atoms with van der Waals surface area (Å²) in [7, 11) is 0. The molecule has 1 atom stereocenters. The summed E-state index contributed by atoms with van der Waals surface area (Å²) in [6.45, 7) is 2.76. The Morgan fingerprint density at radius 1 is 1.36 bits per heavy atom. The van der Waals surface area contributed by atoms with E-state index >= 15 is 0 Å². The molecule has 4 rings (SSSR count). The Balaban J connectivity index is 1.62. The third kappa shape index (κ3) is 3.58. The van der Waals surface area contributed by atoms with E-state index in [2.05, 4.69) is 14.9 Å². The Kier molecular flexibility index (Phi) is 5.00. The normalized spacial score (nSPS) is 17.4. The highest BCUT2D eigenvalue weighted by Crippen LogP contribution is 2.41. The zero-order chi connectivity index (χ0) is 19.9. The van der Waals surface area contributed by atoms with Gasteiger partial charge in [0.25, 0.3) is 0 Å². The molecule has 5 nitrogen and oxygen atoms in total. The molecule has 1 saturated heterocycles. The van der Waals surface area contributed by atoms with Crippen LogP contribution in [-0.4, -0.2) is 29.1 Å². The van der Waals surface area contributed by atoms with Crippen LogP contribution in [0.1, 0.15) is 46.9 Å². The molecule has 3 aromatic rings. The van der Waals surface area contributed by atoms with Crippen LogP contribution in [-0.2, 0) is 10.9 Å². The van der Waals surface area contributed by atoms with Gasteiger partial charge in [0, 0.05) is 11.9 Å². The topological polar surface area (TPSA) is 55.3 Å². The number of esters is 1. The molecule has 1 fully saturated rings. The minimum absolute atomic E-state index is 0.0455. The van der Waals surface area contributed by atoms with Crippen molar-refractivity contribution in [3.8, 4) is 0 Å². The average molecular weight is 427 g/mol. The lowest BCUT2D eigenvalue weighted by Gasteiger charge is -2.21. The van der Waals surface area contributed by atoms with Crippen molar-refractivity contribution in [3.63, 3.8) is 0 Å². The van der Waals surface area contributed by atoms with Crippen LogP contribution in [0.25, 0.3) is 10.2 Å². The maximum Gasteiger partial charge on any atom is 0.416 e. The van der Waals surface area contributed by atoms with Crippen LogP contribution in [0.3, 0.4) is 0 Å². The number of thiazole rings is 2. The molecule has 148 valence electrons. The van der Waals surface area contributed by atoms with Gasteiger partial charge in [-0.25, -0.2) is 14.8 Å². The van der Waals surface area contributed by atoms with Crippen LogP contribution in [0.5, 0.6) is 0 Å². The van der Waals surface area contributed by atoms with E-state index in [-0.39, 0.29) is 18.3 Å². The number of rotatable bonds is 4. The third-order valence-electron chi connectivity index (χ3n) is 4.49. The highest BCUT2D eigenvalue weighted by molar-refractivity contribution is 7.22. The smallest absolute Gasteiger partial charge is 0.416 e. The van der Waals surface area contributed by atoms with E-state index in [1.54, 1.807) is 12.3 Å². The van der Waals surface area contributed by atoms with Gasteiger partial charge in [-0.3, -0.25) is 0 Å². The monoisotopic (exact) mass is 427 g/mol. The van der Waals surface area contributed by atoms with Crippen molar-refractivity contribution in [1.29, 1.82) is 0 Å². The number of ether oxygens (including phenoxy) is 1. The maximum atomic E-state index is 12.9. The molecule has 0 aliphatic carbocycles. The first-order valence-corrected chi connectivity index (χ1v) is 10.4. The predicted octanol–water partition coefficient (Wildman–Crippen LogP) is 5.29. The molecular formula is C18H16F3N3O2S2. The molecule has 0 amide bonds. The molecule has 28 heavy (non-hydrogen) atoms. The van der Waals surface area contributed by atoms with Crippen molar-refractivity contribution in [1.82, 2.24) is 9.97 Å². The molecule has 0 bridgehead atoms. The lowest BCUT2D eigenvalue weighted by atomic mass is 10.2. The summed E-state index contributed by atoms with van der Waals surface area (Å²) in [6.07, 6.45) is -2.62. The summed E-state index contributed by atoms with van der Waals surface area (Å²) >= 11 is 2.75. The third-order valence-corrected chi connectivity index (χ3v) is 6.51. The highest BCUT2D eigenvalue weighted by Gasteiger charge is 2.33. The van der Waals surface area contributed by atoms with Gasteiger partial charge in [0.1, 0.15) is 5.01 Å². The zero-order valence-electron chi connectivity index (χ0n) is 14.8. The minimum Gasteiger partial charge on any atom is -0.461 e. The molecule has 0 spiro atoms. The van der Waals surface area contributed by atoms with Crippen molar-refractivity contribution in [2.24, 2.45) is 0 Å². The Bertz CT molecular complexity index is 1020. The quantitative estimate of drug-likeness (QED) is 0.530. The molecule has 1 aliphatic rings. The standard InChI is InChI=1S/C18H16F3N3O2S2/c1-2-26-16(25)12-9-27-15(22-12)13-4-3-7-24(13)17-23-11-8-10(18(19,20)21)5-6-14(11)28-17/h5-6,8-9,13H,2-4,7H2,1H3/t13-/m1/s1. The number of fused-ring (bicyclic) bond motifs is 1. The van der Waals surface area contributed by atoms with Crippen molar-refractivity contribution in [2.45, 2.75) is 32.0 Å². The fourth-order valence-corrected chi connectivity index (χ4v) is 5.16. The van der Waals surface area contributed by atoms with Gasteiger partial charge < -0.3 is 9.64 Å². The number of hydrogen-bond acceptors (Lipinski definition) is 7. The van der Waals surface area contributed by atoms with E-state index in [1.165, 1.54) is 28.7 Å². The molecular weight excluding hydrogens is 411 g/mol. The van der Waals surface area contributed by atoms with Gasteiger partial charge >= 0.3 is 12.1 Å². The fraction of sp³-hybridized carbons (Fsp3) is 0.389. The van der Waals surface area contributed by atoms with Gasteiger partial charge in [-0.05, 0) is 38.0 Å². The Morgan fingerprint density at radius 3 is 2.93 bits per heavy atom. The van der Waals surface area contributed by atoms with Crippen molar-refractivity contribution >= 4 is 44.0 Å².